The third-order valence-electron chi connectivity index (χ3n) is 5.02. The lowest BCUT2D eigenvalue weighted by atomic mass is 10.0. The Balaban J connectivity index is 1.42. The van der Waals surface area contributed by atoms with Crippen molar-refractivity contribution in [1.29, 1.82) is 0 Å². The van der Waals surface area contributed by atoms with Crippen molar-refractivity contribution in [2.45, 2.75) is 6.92 Å². The summed E-state index contributed by atoms with van der Waals surface area (Å²) in [6, 6.07) is 17.1. The molecule has 0 spiro atoms. The van der Waals surface area contributed by atoms with E-state index in [1.807, 2.05) is 18.2 Å². The van der Waals surface area contributed by atoms with Crippen LogP contribution in [0.1, 0.15) is 32.0 Å². The quantitative estimate of drug-likeness (QED) is 0.187. The van der Waals surface area contributed by atoms with Gasteiger partial charge in [0.1, 0.15) is 17.1 Å². The highest BCUT2D eigenvalue weighted by molar-refractivity contribution is 6.42. The molecule has 0 saturated carbocycles. The van der Waals surface area contributed by atoms with Crippen molar-refractivity contribution in [3.05, 3.63) is 98.9 Å². The van der Waals surface area contributed by atoms with Gasteiger partial charge in [0.15, 0.2) is 5.76 Å². The number of carbonyl (C=O) groups is 2. The molecule has 0 fully saturated rings. The Kier molecular flexibility index (Phi) is 5.00. The van der Waals surface area contributed by atoms with Crippen LogP contribution < -0.4 is 9.47 Å². The Labute approximate surface area is 192 Å². The summed E-state index contributed by atoms with van der Waals surface area (Å²) < 4.78 is 16.8. The summed E-state index contributed by atoms with van der Waals surface area (Å²) in [5.41, 5.74) is 2.30. The molecule has 1 aromatic heterocycles. The molecule has 0 aliphatic carbocycles. The van der Waals surface area contributed by atoms with E-state index < -0.39 is 5.97 Å². The number of furan rings is 1. The van der Waals surface area contributed by atoms with Gasteiger partial charge in [-0.1, -0.05) is 47.5 Å². The zero-order valence-corrected chi connectivity index (χ0v) is 18.2. The fourth-order valence-corrected chi connectivity index (χ4v) is 3.84. The van der Waals surface area contributed by atoms with E-state index in [1.54, 1.807) is 49.4 Å². The fourth-order valence-electron chi connectivity index (χ4n) is 3.53. The molecule has 5 rings (SSSR count). The number of halogens is 2. The van der Waals surface area contributed by atoms with Crippen molar-refractivity contribution >= 4 is 52.0 Å². The number of fused-ring (bicyclic) bond motifs is 2. The highest BCUT2D eigenvalue weighted by Crippen LogP contribution is 2.38. The number of rotatable bonds is 3. The van der Waals surface area contributed by atoms with Crippen LogP contribution in [0.15, 0.2) is 70.8 Å². The predicted molar refractivity (Wildman–Crippen MR) is 122 cm³/mol. The maximum Gasteiger partial charge on any atom is 0.379 e. The largest absolute Gasteiger partial charge is 0.452 e. The van der Waals surface area contributed by atoms with Crippen molar-refractivity contribution in [1.82, 2.24) is 0 Å². The average molecular weight is 465 g/mol. The van der Waals surface area contributed by atoms with Gasteiger partial charge in [0.05, 0.1) is 15.6 Å². The standard InChI is InChI=1S/C25H14Cl2O5/c1-13-8-16(30-25(29)22-11-15-4-2-3-5-19(15)31-22)12-20-23(13)24(28)21(32-20)10-14-6-7-17(26)18(27)9-14/h2-12H,1H3/b21-10-. The number of para-hydroxylation sites is 1. The van der Waals surface area contributed by atoms with E-state index in [9.17, 15) is 9.59 Å². The van der Waals surface area contributed by atoms with Crippen LogP contribution in [0.25, 0.3) is 17.0 Å². The van der Waals surface area contributed by atoms with Gasteiger partial charge in [-0.2, -0.15) is 0 Å². The molecule has 3 aromatic carbocycles. The van der Waals surface area contributed by atoms with Crippen molar-refractivity contribution in [3.8, 4) is 11.5 Å². The molecule has 0 radical (unpaired) electrons. The van der Waals surface area contributed by atoms with Gasteiger partial charge in [-0.25, -0.2) is 4.79 Å². The molecular weight excluding hydrogens is 451 g/mol. The first kappa shape index (κ1) is 20.4. The Morgan fingerprint density at radius 3 is 2.59 bits per heavy atom. The van der Waals surface area contributed by atoms with Crippen LogP contribution in [0.4, 0.5) is 0 Å². The van der Waals surface area contributed by atoms with Gasteiger partial charge >= 0.3 is 5.97 Å². The summed E-state index contributed by atoms with van der Waals surface area (Å²) in [5.74, 6) is -0.122. The third kappa shape index (κ3) is 3.66. The van der Waals surface area contributed by atoms with Crippen molar-refractivity contribution in [3.63, 3.8) is 0 Å². The van der Waals surface area contributed by atoms with Gasteiger partial charge in [0.25, 0.3) is 0 Å². The zero-order valence-electron chi connectivity index (χ0n) is 16.6. The lowest BCUT2D eigenvalue weighted by Crippen LogP contribution is -2.07. The molecule has 1 aliphatic rings. The fraction of sp³-hybridized carbons (Fsp3) is 0.0400. The average Bonchev–Trinajstić information content (AvgIpc) is 3.32. The van der Waals surface area contributed by atoms with E-state index in [0.29, 0.717) is 38.1 Å². The Morgan fingerprint density at radius 2 is 1.81 bits per heavy atom. The minimum absolute atomic E-state index is 0.0848. The Morgan fingerprint density at radius 1 is 1.00 bits per heavy atom. The number of aryl methyl sites for hydroxylation is 1. The number of hydrogen-bond donors (Lipinski definition) is 0. The highest BCUT2D eigenvalue weighted by atomic mass is 35.5. The maximum atomic E-state index is 12.9. The lowest BCUT2D eigenvalue weighted by molar-refractivity contribution is 0.0703. The van der Waals surface area contributed by atoms with Crippen molar-refractivity contribution in [2.24, 2.45) is 0 Å². The first-order chi connectivity index (χ1) is 15.4. The number of esters is 1. The summed E-state index contributed by atoms with van der Waals surface area (Å²) in [6.07, 6.45) is 1.59. The van der Waals surface area contributed by atoms with Crippen LogP contribution in [0.2, 0.25) is 10.0 Å². The zero-order chi connectivity index (χ0) is 22.4. The number of allylic oxidation sites excluding steroid dienone is 1. The molecule has 7 heteroatoms. The Hall–Kier alpha value is -3.54. The lowest BCUT2D eigenvalue weighted by Gasteiger charge is -2.06. The molecule has 0 bridgehead atoms. The van der Waals surface area contributed by atoms with Gasteiger partial charge in [0.2, 0.25) is 11.5 Å². The molecule has 0 atom stereocenters. The van der Waals surface area contributed by atoms with Crippen LogP contribution in [0.5, 0.6) is 11.5 Å². The summed E-state index contributed by atoms with van der Waals surface area (Å²) in [6.45, 7) is 1.75. The van der Waals surface area contributed by atoms with Gasteiger partial charge in [-0.3, -0.25) is 4.79 Å². The maximum absolute atomic E-state index is 12.9. The Bertz CT molecular complexity index is 1420. The monoisotopic (exact) mass is 464 g/mol. The summed E-state index contributed by atoms with van der Waals surface area (Å²) in [5, 5.41) is 1.60. The minimum Gasteiger partial charge on any atom is -0.452 e. The van der Waals surface area contributed by atoms with Crippen LogP contribution in [-0.4, -0.2) is 11.8 Å². The molecule has 32 heavy (non-hydrogen) atoms. The van der Waals surface area contributed by atoms with E-state index in [1.165, 1.54) is 6.07 Å². The number of ketones is 1. The number of Topliss-reactive ketones (excluding diaryl/α,β-unsaturated/α-hetero) is 1. The smallest absolute Gasteiger partial charge is 0.379 e. The third-order valence-corrected chi connectivity index (χ3v) is 5.76. The van der Waals surface area contributed by atoms with E-state index in [0.717, 1.165) is 5.39 Å². The predicted octanol–water partition coefficient (Wildman–Crippen LogP) is 6.88. The molecule has 0 N–H and O–H groups in total. The van der Waals surface area contributed by atoms with Crippen LogP contribution >= 0.6 is 23.2 Å². The molecule has 5 nitrogen and oxygen atoms in total. The van der Waals surface area contributed by atoms with Crippen LogP contribution in [-0.2, 0) is 0 Å². The number of benzene rings is 3. The summed E-state index contributed by atoms with van der Waals surface area (Å²) >= 11 is 12.0. The van der Waals surface area contributed by atoms with Gasteiger partial charge in [0, 0.05) is 11.5 Å². The van der Waals surface area contributed by atoms with Crippen molar-refractivity contribution in [2.75, 3.05) is 0 Å². The van der Waals surface area contributed by atoms with Gasteiger partial charge in [-0.05, 0) is 54.5 Å². The molecule has 1 aliphatic heterocycles. The van der Waals surface area contributed by atoms with Crippen LogP contribution in [0.3, 0.4) is 0 Å². The molecule has 0 saturated heterocycles. The molecule has 2 heterocycles. The van der Waals surface area contributed by atoms with E-state index in [-0.39, 0.29) is 23.1 Å². The number of carbonyl (C=O) groups excluding carboxylic acids is 2. The van der Waals surface area contributed by atoms with E-state index in [2.05, 4.69) is 0 Å². The molecule has 0 unspecified atom stereocenters. The van der Waals surface area contributed by atoms with E-state index >= 15 is 0 Å². The molecule has 0 amide bonds. The molecular formula is C25H14Cl2O5. The normalized spacial score (nSPS) is 14.0. The number of hydrogen-bond acceptors (Lipinski definition) is 5. The second-order valence-electron chi connectivity index (χ2n) is 7.26. The number of ether oxygens (including phenoxy) is 2. The molecule has 158 valence electrons. The minimum atomic E-state index is -0.642. The summed E-state index contributed by atoms with van der Waals surface area (Å²) in [7, 11) is 0. The van der Waals surface area contributed by atoms with Gasteiger partial charge < -0.3 is 13.9 Å². The second-order valence-corrected chi connectivity index (χ2v) is 8.08. The van der Waals surface area contributed by atoms with E-state index in [4.69, 9.17) is 37.1 Å². The summed E-state index contributed by atoms with van der Waals surface area (Å²) in [4.78, 5) is 25.4. The SMILES string of the molecule is Cc1cc(OC(=O)c2cc3ccccc3o2)cc2c1C(=O)/C(=C/c1ccc(Cl)c(Cl)c1)O2. The van der Waals surface area contributed by atoms with Gasteiger partial charge in [-0.15, -0.1) is 0 Å². The first-order valence-electron chi connectivity index (χ1n) is 9.64. The highest BCUT2D eigenvalue weighted by Gasteiger charge is 2.30. The van der Waals surface area contributed by atoms with Crippen LogP contribution in [0, 0.1) is 6.92 Å². The molecule has 4 aromatic rings. The van der Waals surface area contributed by atoms with Crippen molar-refractivity contribution < 1.29 is 23.5 Å². The second kappa shape index (κ2) is 7.86. The topological polar surface area (TPSA) is 65.7 Å². The first-order valence-corrected chi connectivity index (χ1v) is 10.4.